The molecule has 0 aliphatic heterocycles. The Balaban J connectivity index is 2.96. The second kappa shape index (κ2) is 6.12. The Morgan fingerprint density at radius 1 is 1.41 bits per heavy atom. The molecular formula is C12H15Cl2NO2. The first-order chi connectivity index (χ1) is 7.91. The van der Waals surface area contributed by atoms with Crippen LogP contribution in [-0.4, -0.2) is 23.7 Å². The minimum absolute atomic E-state index is 0.0705. The molecule has 0 saturated heterocycles. The lowest BCUT2D eigenvalue weighted by atomic mass is 10.2. The zero-order valence-electron chi connectivity index (χ0n) is 9.78. The summed E-state index contributed by atoms with van der Waals surface area (Å²) < 4.78 is 0. The fraction of sp³-hybridized carbons (Fsp3) is 0.417. The molecule has 1 aromatic carbocycles. The average molecular weight is 276 g/mol. The van der Waals surface area contributed by atoms with Crippen LogP contribution in [0.25, 0.3) is 0 Å². The van der Waals surface area contributed by atoms with E-state index in [-0.39, 0.29) is 12.5 Å². The van der Waals surface area contributed by atoms with Gasteiger partial charge in [0.2, 0.25) is 0 Å². The standard InChI is InChI=1S/C12H15Cl2NO2/c1-8(2)15(6-5-12(16)17)11-7-9(13)3-4-10(11)14/h3-4,7-8H,5-6H2,1-2H3,(H,16,17). The third-order valence-electron chi connectivity index (χ3n) is 2.41. The average Bonchev–Trinajstić information content (AvgIpc) is 2.22. The van der Waals surface area contributed by atoms with Crippen LogP contribution >= 0.6 is 23.2 Å². The van der Waals surface area contributed by atoms with Crippen molar-refractivity contribution in [3.8, 4) is 0 Å². The van der Waals surface area contributed by atoms with Crippen molar-refractivity contribution < 1.29 is 9.90 Å². The van der Waals surface area contributed by atoms with E-state index in [0.717, 1.165) is 5.69 Å². The van der Waals surface area contributed by atoms with Crippen LogP contribution in [-0.2, 0) is 4.79 Å². The molecule has 0 fully saturated rings. The lowest BCUT2D eigenvalue weighted by Gasteiger charge is -2.29. The summed E-state index contributed by atoms with van der Waals surface area (Å²) in [6.45, 7) is 4.38. The molecule has 0 aliphatic rings. The Hall–Kier alpha value is -0.930. The number of carboxylic acid groups (broad SMARTS) is 1. The van der Waals surface area contributed by atoms with Gasteiger partial charge in [-0.3, -0.25) is 4.79 Å². The fourth-order valence-corrected chi connectivity index (χ4v) is 1.97. The van der Waals surface area contributed by atoms with Gasteiger partial charge in [0.1, 0.15) is 0 Å². The van der Waals surface area contributed by atoms with Gasteiger partial charge in [-0.1, -0.05) is 23.2 Å². The predicted octanol–water partition coefficient (Wildman–Crippen LogP) is 3.68. The molecule has 1 rings (SSSR count). The second-order valence-electron chi connectivity index (χ2n) is 4.03. The normalized spacial score (nSPS) is 10.6. The number of rotatable bonds is 5. The highest BCUT2D eigenvalue weighted by Gasteiger charge is 2.15. The monoisotopic (exact) mass is 275 g/mol. The van der Waals surface area contributed by atoms with E-state index in [0.29, 0.717) is 16.6 Å². The van der Waals surface area contributed by atoms with Crippen molar-refractivity contribution >= 4 is 34.9 Å². The third-order valence-corrected chi connectivity index (χ3v) is 2.96. The van der Waals surface area contributed by atoms with E-state index in [2.05, 4.69) is 0 Å². The molecule has 0 radical (unpaired) electrons. The van der Waals surface area contributed by atoms with Gasteiger partial charge in [-0.05, 0) is 32.0 Å². The highest BCUT2D eigenvalue weighted by atomic mass is 35.5. The van der Waals surface area contributed by atoms with Crippen LogP contribution in [0.2, 0.25) is 10.0 Å². The molecule has 0 aromatic heterocycles. The van der Waals surface area contributed by atoms with Gasteiger partial charge in [-0.25, -0.2) is 0 Å². The van der Waals surface area contributed by atoms with E-state index in [9.17, 15) is 4.79 Å². The largest absolute Gasteiger partial charge is 0.481 e. The SMILES string of the molecule is CC(C)N(CCC(=O)O)c1cc(Cl)ccc1Cl. The molecule has 17 heavy (non-hydrogen) atoms. The van der Waals surface area contributed by atoms with Gasteiger partial charge < -0.3 is 10.0 Å². The summed E-state index contributed by atoms with van der Waals surface area (Å²) in [5.41, 5.74) is 0.774. The molecule has 1 N–H and O–H groups in total. The number of carboxylic acids is 1. The molecule has 5 heteroatoms. The highest BCUT2D eigenvalue weighted by Crippen LogP contribution is 2.30. The molecule has 1 aromatic rings. The summed E-state index contributed by atoms with van der Waals surface area (Å²) in [6, 6.07) is 5.34. The molecule has 0 amide bonds. The van der Waals surface area contributed by atoms with E-state index in [4.69, 9.17) is 28.3 Å². The summed E-state index contributed by atoms with van der Waals surface area (Å²) in [6.07, 6.45) is 0.0705. The summed E-state index contributed by atoms with van der Waals surface area (Å²) in [4.78, 5) is 12.6. The molecule has 0 unspecified atom stereocenters. The number of anilines is 1. The maximum absolute atomic E-state index is 10.6. The van der Waals surface area contributed by atoms with E-state index in [1.54, 1.807) is 18.2 Å². The summed E-state index contributed by atoms with van der Waals surface area (Å²) >= 11 is 12.0. The number of benzene rings is 1. The molecule has 3 nitrogen and oxygen atoms in total. The minimum Gasteiger partial charge on any atom is -0.481 e. The van der Waals surface area contributed by atoms with Crippen LogP contribution in [0.3, 0.4) is 0 Å². The molecule has 0 saturated carbocycles. The van der Waals surface area contributed by atoms with Crippen LogP contribution in [0.1, 0.15) is 20.3 Å². The van der Waals surface area contributed by atoms with Crippen molar-refractivity contribution in [1.82, 2.24) is 0 Å². The Labute approximate surface area is 111 Å². The topological polar surface area (TPSA) is 40.5 Å². The van der Waals surface area contributed by atoms with Gasteiger partial charge in [0.05, 0.1) is 17.1 Å². The van der Waals surface area contributed by atoms with Crippen molar-refractivity contribution in [1.29, 1.82) is 0 Å². The maximum Gasteiger partial charge on any atom is 0.305 e. The predicted molar refractivity (Wildman–Crippen MR) is 71.2 cm³/mol. The van der Waals surface area contributed by atoms with Crippen LogP contribution in [0.5, 0.6) is 0 Å². The van der Waals surface area contributed by atoms with Crippen molar-refractivity contribution in [2.75, 3.05) is 11.4 Å². The number of nitrogens with zero attached hydrogens (tertiary/aromatic N) is 1. The first-order valence-electron chi connectivity index (χ1n) is 5.35. The van der Waals surface area contributed by atoms with Crippen molar-refractivity contribution in [2.24, 2.45) is 0 Å². The zero-order valence-corrected chi connectivity index (χ0v) is 11.3. The van der Waals surface area contributed by atoms with E-state index >= 15 is 0 Å². The third kappa shape index (κ3) is 4.10. The van der Waals surface area contributed by atoms with E-state index in [1.807, 2.05) is 18.7 Å². The summed E-state index contributed by atoms with van der Waals surface area (Å²) in [5.74, 6) is -0.825. The Bertz CT molecular complexity index is 407. The van der Waals surface area contributed by atoms with Gasteiger partial charge in [0, 0.05) is 17.6 Å². The number of hydrogen-bond acceptors (Lipinski definition) is 2. The summed E-state index contributed by atoms with van der Waals surface area (Å²) in [7, 11) is 0. The first-order valence-corrected chi connectivity index (χ1v) is 6.11. The van der Waals surface area contributed by atoms with E-state index < -0.39 is 5.97 Å². The van der Waals surface area contributed by atoms with Gasteiger partial charge >= 0.3 is 5.97 Å². The van der Waals surface area contributed by atoms with E-state index in [1.165, 1.54) is 0 Å². The van der Waals surface area contributed by atoms with Crippen LogP contribution in [0, 0.1) is 0 Å². The van der Waals surface area contributed by atoms with Gasteiger partial charge in [-0.15, -0.1) is 0 Å². The molecular weight excluding hydrogens is 261 g/mol. The number of carbonyl (C=O) groups is 1. The Morgan fingerprint density at radius 2 is 2.06 bits per heavy atom. The van der Waals surface area contributed by atoms with Gasteiger partial charge in [0.15, 0.2) is 0 Å². The van der Waals surface area contributed by atoms with Crippen molar-refractivity contribution in [3.05, 3.63) is 28.2 Å². The zero-order chi connectivity index (χ0) is 13.0. The minimum atomic E-state index is -0.825. The summed E-state index contributed by atoms with van der Waals surface area (Å²) in [5, 5.41) is 9.89. The van der Waals surface area contributed by atoms with Crippen molar-refractivity contribution in [2.45, 2.75) is 26.3 Å². The molecule has 94 valence electrons. The quantitative estimate of drug-likeness (QED) is 0.891. The number of aliphatic carboxylic acids is 1. The fourth-order valence-electron chi connectivity index (χ4n) is 1.58. The number of hydrogen-bond donors (Lipinski definition) is 1. The second-order valence-corrected chi connectivity index (χ2v) is 4.87. The van der Waals surface area contributed by atoms with Crippen LogP contribution in [0.4, 0.5) is 5.69 Å². The number of halogens is 2. The van der Waals surface area contributed by atoms with Crippen LogP contribution in [0.15, 0.2) is 18.2 Å². The molecule has 0 heterocycles. The lowest BCUT2D eigenvalue weighted by Crippen LogP contribution is -2.33. The molecule has 0 bridgehead atoms. The van der Waals surface area contributed by atoms with Crippen LogP contribution < -0.4 is 4.90 Å². The highest BCUT2D eigenvalue weighted by molar-refractivity contribution is 6.35. The smallest absolute Gasteiger partial charge is 0.305 e. The first kappa shape index (κ1) is 14.1. The molecule has 0 atom stereocenters. The Morgan fingerprint density at radius 3 is 2.59 bits per heavy atom. The lowest BCUT2D eigenvalue weighted by molar-refractivity contribution is -0.136. The Kier molecular flexibility index (Phi) is 5.09. The maximum atomic E-state index is 10.6. The molecule has 0 spiro atoms. The van der Waals surface area contributed by atoms with Crippen molar-refractivity contribution in [3.63, 3.8) is 0 Å². The van der Waals surface area contributed by atoms with Gasteiger partial charge in [-0.2, -0.15) is 0 Å². The van der Waals surface area contributed by atoms with Gasteiger partial charge in [0.25, 0.3) is 0 Å². The molecule has 0 aliphatic carbocycles.